The summed E-state index contributed by atoms with van der Waals surface area (Å²) in [6.07, 6.45) is 0.0820. The van der Waals surface area contributed by atoms with E-state index in [4.69, 9.17) is 16.3 Å². The Balaban J connectivity index is 1.60. The summed E-state index contributed by atoms with van der Waals surface area (Å²) < 4.78 is 5.46. The molecule has 4 rings (SSSR count). The lowest BCUT2D eigenvalue weighted by atomic mass is 10.0. The Morgan fingerprint density at radius 2 is 1.94 bits per heavy atom. The van der Waals surface area contributed by atoms with E-state index in [1.54, 1.807) is 30.3 Å². The number of thiazole rings is 1. The monoisotopic (exact) mass is 481 g/mol. The number of ether oxygens (including phenoxy) is 1. The minimum absolute atomic E-state index is 0.00733. The zero-order chi connectivity index (χ0) is 23.4. The molecule has 0 aliphatic carbocycles. The average molecular weight is 482 g/mol. The zero-order valence-electron chi connectivity index (χ0n) is 17.6. The van der Waals surface area contributed by atoms with Gasteiger partial charge in [0.15, 0.2) is 0 Å². The van der Waals surface area contributed by atoms with Crippen molar-refractivity contribution < 1.29 is 14.3 Å². The van der Waals surface area contributed by atoms with Gasteiger partial charge in [-0.3, -0.25) is 9.59 Å². The van der Waals surface area contributed by atoms with Crippen molar-refractivity contribution in [3.05, 3.63) is 97.2 Å². The normalized spacial score (nSPS) is 11.8. The van der Waals surface area contributed by atoms with Crippen LogP contribution in [0, 0.1) is 6.92 Å². The number of nitrogens with zero attached hydrogens (tertiary/aromatic N) is 1. The van der Waals surface area contributed by atoms with Crippen LogP contribution in [0.2, 0.25) is 5.02 Å². The number of para-hydroxylation sites is 1. The molecule has 33 heavy (non-hydrogen) atoms. The Morgan fingerprint density at radius 3 is 2.67 bits per heavy atom. The van der Waals surface area contributed by atoms with E-state index in [0.29, 0.717) is 27.4 Å². The lowest BCUT2D eigenvalue weighted by Gasteiger charge is -2.18. The molecule has 168 valence electrons. The number of benzene rings is 2. The number of esters is 1. The van der Waals surface area contributed by atoms with Crippen LogP contribution in [-0.2, 0) is 22.6 Å². The molecular weight excluding hydrogens is 462 g/mol. The maximum Gasteiger partial charge on any atom is 0.329 e. The van der Waals surface area contributed by atoms with Crippen molar-refractivity contribution in [2.75, 3.05) is 0 Å². The minimum atomic E-state index is -1.02. The molecule has 0 radical (unpaired) electrons. The highest BCUT2D eigenvalue weighted by Gasteiger charge is 2.25. The number of aromatic nitrogens is 2. The van der Waals surface area contributed by atoms with Gasteiger partial charge in [-0.2, -0.15) is 0 Å². The van der Waals surface area contributed by atoms with Crippen LogP contribution in [0.5, 0.6) is 0 Å². The fourth-order valence-electron chi connectivity index (χ4n) is 3.42. The number of aromatic amines is 1. The zero-order valence-corrected chi connectivity index (χ0v) is 19.2. The first-order chi connectivity index (χ1) is 15.9. The third-order valence-electron chi connectivity index (χ3n) is 4.99. The summed E-state index contributed by atoms with van der Waals surface area (Å²) in [5.74, 6) is -1.07. The van der Waals surface area contributed by atoms with Crippen LogP contribution in [0.3, 0.4) is 0 Å². The summed E-state index contributed by atoms with van der Waals surface area (Å²) in [6.45, 7) is 1.86. The number of H-pyrrole nitrogens is 1. The molecule has 2 aromatic heterocycles. The number of amides is 1. The molecular formula is C24H20ClN3O4S. The highest BCUT2D eigenvalue weighted by Crippen LogP contribution is 2.18. The highest BCUT2D eigenvalue weighted by molar-refractivity contribution is 7.09. The van der Waals surface area contributed by atoms with Gasteiger partial charge >= 0.3 is 5.97 Å². The first-order valence-corrected chi connectivity index (χ1v) is 11.4. The van der Waals surface area contributed by atoms with Gasteiger partial charge in [-0.15, -0.1) is 11.3 Å². The number of carbonyl (C=O) groups excluding carboxylic acids is 2. The van der Waals surface area contributed by atoms with E-state index in [0.717, 1.165) is 10.4 Å². The van der Waals surface area contributed by atoms with Crippen LogP contribution in [0.25, 0.3) is 10.9 Å². The van der Waals surface area contributed by atoms with Gasteiger partial charge < -0.3 is 15.0 Å². The summed E-state index contributed by atoms with van der Waals surface area (Å²) in [6, 6.07) is 14.0. The number of fused-ring (bicyclic) bond motifs is 1. The van der Waals surface area contributed by atoms with Crippen LogP contribution >= 0.6 is 22.9 Å². The fourth-order valence-corrected chi connectivity index (χ4v) is 4.15. The molecule has 0 saturated carbocycles. The van der Waals surface area contributed by atoms with E-state index in [1.807, 2.05) is 30.5 Å². The number of pyridine rings is 1. The topological polar surface area (TPSA) is 101 Å². The molecule has 0 saturated heterocycles. The summed E-state index contributed by atoms with van der Waals surface area (Å²) in [5.41, 5.74) is 1.96. The van der Waals surface area contributed by atoms with Crippen molar-refractivity contribution in [3.63, 3.8) is 0 Å². The number of hydrogen-bond acceptors (Lipinski definition) is 6. The van der Waals surface area contributed by atoms with Crippen molar-refractivity contribution in [2.24, 2.45) is 0 Å². The Bertz CT molecular complexity index is 1360. The second kappa shape index (κ2) is 9.97. The minimum Gasteiger partial charge on any atom is -0.458 e. The quantitative estimate of drug-likeness (QED) is 0.388. The second-order valence-corrected chi connectivity index (χ2v) is 8.91. The van der Waals surface area contributed by atoms with E-state index in [-0.39, 0.29) is 18.6 Å². The van der Waals surface area contributed by atoms with Gasteiger partial charge in [0.05, 0.1) is 10.7 Å². The van der Waals surface area contributed by atoms with E-state index in [1.165, 1.54) is 17.4 Å². The van der Waals surface area contributed by atoms with E-state index < -0.39 is 17.9 Å². The number of rotatable bonds is 7. The third kappa shape index (κ3) is 5.66. The number of hydrogen-bond donors (Lipinski definition) is 2. The third-order valence-corrected chi connectivity index (χ3v) is 6.06. The van der Waals surface area contributed by atoms with Crippen LogP contribution in [-0.4, -0.2) is 27.9 Å². The number of halogens is 1. The molecule has 0 fully saturated rings. The first kappa shape index (κ1) is 22.7. The van der Waals surface area contributed by atoms with Gasteiger partial charge in [0, 0.05) is 39.4 Å². The highest BCUT2D eigenvalue weighted by atomic mass is 35.5. The Morgan fingerprint density at radius 1 is 1.18 bits per heavy atom. The number of aryl methyl sites for hydroxylation is 1. The maximum absolute atomic E-state index is 13.0. The molecule has 4 aromatic rings. The summed E-state index contributed by atoms with van der Waals surface area (Å²) >= 11 is 7.37. The van der Waals surface area contributed by atoms with E-state index in [2.05, 4.69) is 15.3 Å². The Labute approximate surface area is 198 Å². The lowest BCUT2D eigenvalue weighted by molar-refractivity contribution is -0.147. The first-order valence-electron chi connectivity index (χ1n) is 10.1. The van der Waals surface area contributed by atoms with Gasteiger partial charge in [0.25, 0.3) is 5.91 Å². The number of nitrogens with one attached hydrogen (secondary N) is 2. The predicted molar refractivity (Wildman–Crippen MR) is 128 cm³/mol. The molecule has 1 amide bonds. The van der Waals surface area contributed by atoms with Crippen molar-refractivity contribution in [1.29, 1.82) is 0 Å². The van der Waals surface area contributed by atoms with Crippen LogP contribution < -0.4 is 10.9 Å². The summed E-state index contributed by atoms with van der Waals surface area (Å²) in [7, 11) is 0. The lowest BCUT2D eigenvalue weighted by Crippen LogP contribution is -2.43. The molecule has 7 nitrogen and oxygen atoms in total. The van der Waals surface area contributed by atoms with Crippen LogP contribution in [0.1, 0.15) is 26.6 Å². The Hall–Kier alpha value is -3.49. The standard InChI is InChI=1S/C24H20ClN3O4S/c1-14-26-18(13-33-14)12-32-24(31)21(28-23(30)15-6-8-17(25)9-7-15)10-16-11-22(29)27-20-5-3-2-4-19(16)20/h2-9,11,13,21H,10,12H2,1H3,(H,27,29)(H,28,30). The maximum atomic E-state index is 13.0. The molecule has 0 aliphatic heterocycles. The second-order valence-electron chi connectivity index (χ2n) is 7.41. The molecule has 1 atom stereocenters. The van der Waals surface area contributed by atoms with Gasteiger partial charge in [-0.1, -0.05) is 29.8 Å². The van der Waals surface area contributed by atoms with Crippen LogP contribution in [0.15, 0.2) is 64.8 Å². The van der Waals surface area contributed by atoms with E-state index in [9.17, 15) is 14.4 Å². The van der Waals surface area contributed by atoms with Gasteiger partial charge in [0.2, 0.25) is 5.56 Å². The largest absolute Gasteiger partial charge is 0.458 e. The smallest absolute Gasteiger partial charge is 0.329 e. The van der Waals surface area contributed by atoms with Gasteiger partial charge in [-0.25, -0.2) is 9.78 Å². The van der Waals surface area contributed by atoms with Crippen molar-refractivity contribution in [3.8, 4) is 0 Å². The predicted octanol–water partition coefficient (Wildman–Crippen LogP) is 4.03. The van der Waals surface area contributed by atoms with Crippen molar-refractivity contribution in [1.82, 2.24) is 15.3 Å². The molecule has 2 heterocycles. The van der Waals surface area contributed by atoms with Crippen LogP contribution in [0.4, 0.5) is 0 Å². The summed E-state index contributed by atoms with van der Waals surface area (Å²) in [4.78, 5) is 45.1. The van der Waals surface area contributed by atoms with Gasteiger partial charge in [-0.05, 0) is 42.8 Å². The summed E-state index contributed by atoms with van der Waals surface area (Å²) in [5, 5.41) is 6.70. The molecule has 1 unspecified atom stereocenters. The molecule has 0 spiro atoms. The molecule has 0 bridgehead atoms. The number of carbonyl (C=O) groups is 2. The van der Waals surface area contributed by atoms with Crippen molar-refractivity contribution in [2.45, 2.75) is 26.0 Å². The fraction of sp³-hybridized carbons (Fsp3) is 0.167. The average Bonchev–Trinajstić information content (AvgIpc) is 3.22. The molecule has 9 heteroatoms. The Kier molecular flexibility index (Phi) is 6.86. The van der Waals surface area contributed by atoms with Crippen molar-refractivity contribution >= 4 is 45.7 Å². The molecule has 2 N–H and O–H groups in total. The molecule has 2 aromatic carbocycles. The molecule has 0 aliphatic rings. The SMILES string of the molecule is Cc1nc(COC(=O)C(Cc2cc(=O)[nH]c3ccccc23)NC(=O)c2ccc(Cl)cc2)cs1. The van der Waals surface area contributed by atoms with E-state index >= 15 is 0 Å². The van der Waals surface area contributed by atoms with Gasteiger partial charge in [0.1, 0.15) is 12.6 Å².